The Morgan fingerprint density at radius 3 is 2.47 bits per heavy atom. The summed E-state index contributed by atoms with van der Waals surface area (Å²) >= 11 is 11.5. The molecule has 1 amide bonds. The Balaban J connectivity index is 1.53. The topological polar surface area (TPSA) is 71.8 Å². The average Bonchev–Trinajstić information content (AvgIpc) is 3.11. The number of fused-ring (bicyclic) bond motifs is 1. The fourth-order valence-electron chi connectivity index (χ4n) is 2.79. The molecule has 0 aliphatic carbocycles. The number of nitrogens with zero attached hydrogens (tertiary/aromatic N) is 3. The van der Waals surface area contributed by atoms with Gasteiger partial charge in [-0.15, -0.1) is 10.2 Å². The summed E-state index contributed by atoms with van der Waals surface area (Å²) < 4.78 is 13.3. The Morgan fingerprint density at radius 2 is 1.77 bits per heavy atom. The molecule has 9 heteroatoms. The number of benzene rings is 3. The highest BCUT2D eigenvalue weighted by molar-refractivity contribution is 7.80. The summed E-state index contributed by atoms with van der Waals surface area (Å²) in [6.45, 7) is 2.00. The Hall–Kier alpha value is -3.36. The molecule has 0 saturated carbocycles. The van der Waals surface area contributed by atoms with Crippen molar-refractivity contribution in [2.45, 2.75) is 6.92 Å². The molecule has 6 nitrogen and oxygen atoms in total. The Kier molecular flexibility index (Phi) is 5.43. The number of aryl methyl sites for hydroxylation is 1. The van der Waals surface area contributed by atoms with Crippen molar-refractivity contribution in [2.24, 2.45) is 0 Å². The number of aromatic nitrogens is 3. The summed E-state index contributed by atoms with van der Waals surface area (Å²) in [5.41, 5.74) is 3.79. The summed E-state index contributed by atoms with van der Waals surface area (Å²) in [5, 5.41) is 14.7. The molecule has 0 saturated heterocycles. The molecule has 0 radical (unpaired) electrons. The molecule has 1 heterocycles. The van der Waals surface area contributed by atoms with Crippen LogP contribution in [-0.4, -0.2) is 26.0 Å². The van der Waals surface area contributed by atoms with E-state index in [0.29, 0.717) is 21.7 Å². The van der Waals surface area contributed by atoms with Gasteiger partial charge in [-0.25, -0.2) is 4.39 Å². The minimum absolute atomic E-state index is 0.0245. The molecule has 0 atom stereocenters. The van der Waals surface area contributed by atoms with Crippen molar-refractivity contribution in [3.8, 4) is 5.69 Å². The van der Waals surface area contributed by atoms with Crippen LogP contribution in [0.1, 0.15) is 15.9 Å². The molecule has 0 aliphatic rings. The van der Waals surface area contributed by atoms with E-state index in [9.17, 15) is 9.18 Å². The van der Waals surface area contributed by atoms with Gasteiger partial charge in [0.2, 0.25) is 0 Å². The molecule has 4 rings (SSSR count). The van der Waals surface area contributed by atoms with Crippen LogP contribution >= 0.6 is 23.8 Å². The third kappa shape index (κ3) is 4.29. The van der Waals surface area contributed by atoms with Gasteiger partial charge in [-0.3, -0.25) is 10.1 Å². The molecule has 0 aliphatic heterocycles. The van der Waals surface area contributed by atoms with Crippen LogP contribution in [0.4, 0.5) is 10.1 Å². The zero-order valence-corrected chi connectivity index (χ0v) is 17.3. The number of hydrogen-bond acceptors (Lipinski definition) is 4. The summed E-state index contributed by atoms with van der Waals surface area (Å²) in [7, 11) is 0. The largest absolute Gasteiger partial charge is 0.331 e. The molecule has 4 aromatic rings. The third-order valence-corrected chi connectivity index (χ3v) is 4.81. The number of carbonyl (C=O) groups is 1. The van der Waals surface area contributed by atoms with Crippen LogP contribution < -0.4 is 10.6 Å². The van der Waals surface area contributed by atoms with E-state index in [-0.39, 0.29) is 10.7 Å². The molecule has 30 heavy (non-hydrogen) atoms. The molecule has 0 bridgehead atoms. The first-order chi connectivity index (χ1) is 14.4. The maximum Gasteiger partial charge on any atom is 0.257 e. The normalized spacial score (nSPS) is 10.8. The predicted octanol–water partition coefficient (Wildman–Crippen LogP) is 4.65. The summed E-state index contributed by atoms with van der Waals surface area (Å²) in [6, 6.07) is 16.5. The van der Waals surface area contributed by atoms with Gasteiger partial charge >= 0.3 is 0 Å². The van der Waals surface area contributed by atoms with Crippen LogP contribution in [0, 0.1) is 12.7 Å². The van der Waals surface area contributed by atoms with Gasteiger partial charge in [0.1, 0.15) is 16.9 Å². The second-order valence-corrected chi connectivity index (χ2v) is 7.38. The molecule has 0 spiro atoms. The molecule has 0 unspecified atom stereocenters. The molecule has 3 aromatic carbocycles. The Bertz CT molecular complexity index is 1270. The standard InChI is InChI=1S/C21H15ClFN5OS/c1-12-5-7-15(8-6-12)28-26-18-10-16(22)17(11-19(18)27-28)24-21(30)25-20(29)13-3-2-4-14(23)9-13/h2-11H,1H3,(H2,24,25,29,30). The lowest BCUT2D eigenvalue weighted by Crippen LogP contribution is -2.34. The van der Waals surface area contributed by atoms with Gasteiger partial charge < -0.3 is 5.32 Å². The van der Waals surface area contributed by atoms with E-state index >= 15 is 0 Å². The Morgan fingerprint density at radius 1 is 1.07 bits per heavy atom. The molecule has 2 N–H and O–H groups in total. The van der Waals surface area contributed by atoms with E-state index < -0.39 is 11.7 Å². The van der Waals surface area contributed by atoms with E-state index in [2.05, 4.69) is 20.8 Å². The second kappa shape index (κ2) is 8.17. The average molecular weight is 440 g/mol. The van der Waals surface area contributed by atoms with Crippen molar-refractivity contribution in [1.82, 2.24) is 20.3 Å². The van der Waals surface area contributed by atoms with E-state index in [1.165, 1.54) is 23.0 Å². The SMILES string of the molecule is Cc1ccc(-n2nc3cc(Cl)c(NC(=S)NC(=O)c4cccc(F)c4)cc3n2)cc1. The smallest absolute Gasteiger partial charge is 0.257 e. The quantitative estimate of drug-likeness (QED) is 0.455. The van der Waals surface area contributed by atoms with Crippen molar-refractivity contribution in [3.63, 3.8) is 0 Å². The number of nitrogens with one attached hydrogen (secondary N) is 2. The van der Waals surface area contributed by atoms with Crippen LogP contribution in [-0.2, 0) is 0 Å². The summed E-state index contributed by atoms with van der Waals surface area (Å²) in [5.74, 6) is -1.04. The molecule has 1 aromatic heterocycles. The predicted molar refractivity (Wildman–Crippen MR) is 119 cm³/mol. The minimum atomic E-state index is -0.533. The number of hydrogen-bond donors (Lipinski definition) is 2. The van der Waals surface area contributed by atoms with Crippen molar-refractivity contribution < 1.29 is 9.18 Å². The van der Waals surface area contributed by atoms with Crippen molar-refractivity contribution in [2.75, 3.05) is 5.32 Å². The fraction of sp³-hybridized carbons (Fsp3) is 0.0476. The highest BCUT2D eigenvalue weighted by atomic mass is 35.5. The number of halogens is 2. The van der Waals surface area contributed by atoms with Gasteiger partial charge in [0.15, 0.2) is 5.11 Å². The molecule has 0 fully saturated rings. The van der Waals surface area contributed by atoms with E-state index in [1.54, 1.807) is 12.1 Å². The fourth-order valence-corrected chi connectivity index (χ4v) is 3.19. The number of rotatable bonds is 3. The van der Waals surface area contributed by atoms with Crippen molar-refractivity contribution in [1.29, 1.82) is 0 Å². The van der Waals surface area contributed by atoms with Crippen LogP contribution in [0.2, 0.25) is 5.02 Å². The first-order valence-corrected chi connectivity index (χ1v) is 9.69. The minimum Gasteiger partial charge on any atom is -0.331 e. The second-order valence-electron chi connectivity index (χ2n) is 6.56. The lowest BCUT2D eigenvalue weighted by atomic mass is 10.2. The molecular weight excluding hydrogens is 425 g/mol. The number of anilines is 1. The van der Waals surface area contributed by atoms with Crippen LogP contribution in [0.15, 0.2) is 60.7 Å². The van der Waals surface area contributed by atoms with Gasteiger partial charge in [-0.1, -0.05) is 35.4 Å². The number of amides is 1. The van der Waals surface area contributed by atoms with Gasteiger partial charge in [0, 0.05) is 5.56 Å². The first-order valence-electron chi connectivity index (χ1n) is 8.90. The summed E-state index contributed by atoms with van der Waals surface area (Å²) in [4.78, 5) is 13.7. The van der Waals surface area contributed by atoms with Gasteiger partial charge in [0.05, 0.1) is 16.4 Å². The lowest BCUT2D eigenvalue weighted by Gasteiger charge is -2.10. The van der Waals surface area contributed by atoms with E-state index in [4.69, 9.17) is 23.8 Å². The maximum absolute atomic E-state index is 13.3. The number of carbonyl (C=O) groups excluding carboxylic acids is 1. The summed E-state index contributed by atoms with van der Waals surface area (Å²) in [6.07, 6.45) is 0. The van der Waals surface area contributed by atoms with Crippen LogP contribution in [0.5, 0.6) is 0 Å². The van der Waals surface area contributed by atoms with Gasteiger partial charge in [0.25, 0.3) is 5.91 Å². The van der Waals surface area contributed by atoms with Crippen molar-refractivity contribution in [3.05, 3.63) is 82.6 Å². The zero-order chi connectivity index (χ0) is 21.3. The molecular formula is C21H15ClFN5OS. The van der Waals surface area contributed by atoms with Gasteiger partial charge in [-0.2, -0.15) is 4.80 Å². The highest BCUT2D eigenvalue weighted by Gasteiger charge is 2.13. The first kappa shape index (κ1) is 19.9. The molecule has 150 valence electrons. The maximum atomic E-state index is 13.3. The third-order valence-electron chi connectivity index (χ3n) is 4.30. The number of thiocarbonyl (C=S) groups is 1. The van der Waals surface area contributed by atoms with Crippen LogP contribution in [0.3, 0.4) is 0 Å². The zero-order valence-electron chi connectivity index (χ0n) is 15.7. The van der Waals surface area contributed by atoms with Crippen molar-refractivity contribution >= 4 is 51.6 Å². The van der Waals surface area contributed by atoms with E-state index in [1.807, 2.05) is 31.2 Å². The monoisotopic (exact) mass is 439 g/mol. The van der Waals surface area contributed by atoms with E-state index in [0.717, 1.165) is 17.3 Å². The van der Waals surface area contributed by atoms with Crippen LogP contribution in [0.25, 0.3) is 16.7 Å². The van der Waals surface area contributed by atoms with Gasteiger partial charge in [-0.05, 0) is 61.6 Å². The Labute approximate surface area is 181 Å². The highest BCUT2D eigenvalue weighted by Crippen LogP contribution is 2.27. The lowest BCUT2D eigenvalue weighted by molar-refractivity contribution is 0.0977.